The molecule has 2 heterocycles. The molecule has 1 aliphatic rings. The van der Waals surface area contributed by atoms with Crippen molar-refractivity contribution in [1.82, 2.24) is 15.2 Å². The van der Waals surface area contributed by atoms with E-state index in [4.69, 9.17) is 17.0 Å². The summed E-state index contributed by atoms with van der Waals surface area (Å²) in [5, 5.41) is 4.06. The van der Waals surface area contributed by atoms with E-state index >= 15 is 0 Å². The first-order valence-corrected chi connectivity index (χ1v) is 7.17. The molecule has 1 atom stereocenters. The van der Waals surface area contributed by atoms with Gasteiger partial charge in [-0.05, 0) is 37.2 Å². The number of hydrogen-bond donors (Lipinski definition) is 1. The molecule has 5 heteroatoms. The van der Waals surface area contributed by atoms with Crippen LogP contribution in [0.4, 0.5) is 0 Å². The van der Waals surface area contributed by atoms with Crippen LogP contribution in [0, 0.1) is 0 Å². The van der Waals surface area contributed by atoms with Gasteiger partial charge in [-0.25, -0.2) is 0 Å². The fourth-order valence-corrected chi connectivity index (χ4v) is 2.25. The molecule has 4 nitrogen and oxygen atoms in total. The maximum Gasteiger partial charge on any atom is 0.168 e. The number of thiocarbonyl (C=S) groups is 1. The first-order valence-electron chi connectivity index (χ1n) is 6.76. The normalized spacial score (nSPS) is 18.3. The summed E-state index contributed by atoms with van der Waals surface area (Å²) < 4.78 is 5.56. The number of pyridine rings is 1. The summed E-state index contributed by atoms with van der Waals surface area (Å²) in [6, 6.07) is 5.98. The Labute approximate surface area is 120 Å². The molecule has 0 radical (unpaired) electrons. The van der Waals surface area contributed by atoms with Crippen LogP contribution in [-0.4, -0.2) is 47.8 Å². The van der Waals surface area contributed by atoms with Gasteiger partial charge in [0.05, 0.1) is 6.10 Å². The molecule has 0 saturated carbocycles. The fourth-order valence-electron chi connectivity index (χ4n) is 2.07. The van der Waals surface area contributed by atoms with E-state index in [0.29, 0.717) is 6.10 Å². The van der Waals surface area contributed by atoms with E-state index in [-0.39, 0.29) is 0 Å². The Hall–Kier alpha value is -1.20. The predicted octanol–water partition coefficient (Wildman–Crippen LogP) is 1.61. The van der Waals surface area contributed by atoms with Crippen molar-refractivity contribution in [3.63, 3.8) is 0 Å². The lowest BCUT2D eigenvalue weighted by molar-refractivity contribution is 0.113. The van der Waals surface area contributed by atoms with Crippen molar-refractivity contribution in [2.24, 2.45) is 0 Å². The Kier molecular flexibility index (Phi) is 5.54. The van der Waals surface area contributed by atoms with Crippen LogP contribution in [0.25, 0.3) is 0 Å². The van der Waals surface area contributed by atoms with E-state index < -0.39 is 0 Å². The summed E-state index contributed by atoms with van der Waals surface area (Å²) in [5.41, 5.74) is 1.09. The van der Waals surface area contributed by atoms with Crippen molar-refractivity contribution in [2.45, 2.75) is 25.4 Å². The summed E-state index contributed by atoms with van der Waals surface area (Å²) >= 11 is 5.37. The Morgan fingerprint density at radius 2 is 2.47 bits per heavy atom. The van der Waals surface area contributed by atoms with Crippen LogP contribution < -0.4 is 5.32 Å². The SMILES string of the molecule is CN(CCc1ccccn1)C(=S)NC[C@H]1CCCO1. The Morgan fingerprint density at radius 1 is 1.58 bits per heavy atom. The molecule has 1 aromatic rings. The lowest BCUT2D eigenvalue weighted by atomic mass is 10.2. The predicted molar refractivity (Wildman–Crippen MR) is 80.1 cm³/mol. The highest BCUT2D eigenvalue weighted by Crippen LogP contribution is 2.10. The highest BCUT2D eigenvalue weighted by atomic mass is 32.1. The maximum atomic E-state index is 5.56. The molecule has 0 aromatic carbocycles. The standard InChI is InChI=1S/C14H21N3OS/c1-17(9-7-12-5-2-3-8-15-12)14(19)16-11-13-6-4-10-18-13/h2-3,5,8,13H,4,6-7,9-11H2,1H3,(H,16,19)/t13-/m1/s1. The number of ether oxygens (including phenoxy) is 1. The average Bonchev–Trinajstić information content (AvgIpc) is 2.96. The van der Waals surface area contributed by atoms with Gasteiger partial charge in [-0.1, -0.05) is 6.07 Å². The maximum absolute atomic E-state index is 5.56. The van der Waals surface area contributed by atoms with E-state index in [1.807, 2.05) is 31.4 Å². The molecule has 0 amide bonds. The van der Waals surface area contributed by atoms with Gasteiger partial charge in [-0.2, -0.15) is 0 Å². The third-order valence-electron chi connectivity index (χ3n) is 3.28. The second-order valence-corrected chi connectivity index (χ2v) is 5.20. The molecule has 19 heavy (non-hydrogen) atoms. The van der Waals surface area contributed by atoms with E-state index in [9.17, 15) is 0 Å². The van der Waals surface area contributed by atoms with E-state index in [1.54, 1.807) is 0 Å². The van der Waals surface area contributed by atoms with Gasteiger partial charge in [-0.3, -0.25) is 4.98 Å². The zero-order chi connectivity index (χ0) is 13.5. The van der Waals surface area contributed by atoms with Crippen LogP contribution in [0.1, 0.15) is 18.5 Å². The molecule has 1 saturated heterocycles. The smallest absolute Gasteiger partial charge is 0.168 e. The number of nitrogens with zero attached hydrogens (tertiary/aromatic N) is 2. The molecule has 104 valence electrons. The number of nitrogens with one attached hydrogen (secondary N) is 1. The van der Waals surface area contributed by atoms with Gasteiger partial charge in [0, 0.05) is 45.1 Å². The van der Waals surface area contributed by atoms with Crippen molar-refractivity contribution >= 4 is 17.3 Å². The summed E-state index contributed by atoms with van der Waals surface area (Å²) in [4.78, 5) is 6.36. The minimum atomic E-state index is 0.321. The largest absolute Gasteiger partial charge is 0.376 e. The highest BCUT2D eigenvalue weighted by molar-refractivity contribution is 7.80. The van der Waals surface area contributed by atoms with Gasteiger partial charge in [0.15, 0.2) is 5.11 Å². The summed E-state index contributed by atoms with van der Waals surface area (Å²) in [7, 11) is 2.01. The topological polar surface area (TPSA) is 37.4 Å². The van der Waals surface area contributed by atoms with Crippen LogP contribution in [-0.2, 0) is 11.2 Å². The van der Waals surface area contributed by atoms with Gasteiger partial charge in [-0.15, -0.1) is 0 Å². The second kappa shape index (κ2) is 7.40. The lowest BCUT2D eigenvalue weighted by Gasteiger charge is -2.22. The summed E-state index contributed by atoms with van der Waals surface area (Å²) in [6.45, 7) is 2.57. The van der Waals surface area contributed by atoms with Crippen molar-refractivity contribution < 1.29 is 4.74 Å². The first-order chi connectivity index (χ1) is 9.25. The van der Waals surface area contributed by atoms with Crippen LogP contribution >= 0.6 is 12.2 Å². The molecule has 1 N–H and O–H groups in total. The minimum absolute atomic E-state index is 0.321. The van der Waals surface area contributed by atoms with E-state index in [0.717, 1.165) is 49.8 Å². The molecule has 1 aliphatic heterocycles. The summed E-state index contributed by atoms with van der Waals surface area (Å²) in [6.07, 6.45) is 5.34. The molecule has 0 aliphatic carbocycles. The highest BCUT2D eigenvalue weighted by Gasteiger charge is 2.16. The number of hydrogen-bond acceptors (Lipinski definition) is 3. The Bertz CT molecular complexity index is 393. The van der Waals surface area contributed by atoms with Gasteiger partial charge < -0.3 is 15.0 Å². The molecule has 0 spiro atoms. The first kappa shape index (κ1) is 14.2. The average molecular weight is 279 g/mol. The van der Waals surface area contributed by atoms with Crippen molar-refractivity contribution in [2.75, 3.05) is 26.7 Å². The van der Waals surface area contributed by atoms with Crippen LogP contribution in [0.3, 0.4) is 0 Å². The van der Waals surface area contributed by atoms with E-state index in [1.165, 1.54) is 0 Å². The third kappa shape index (κ3) is 4.76. The van der Waals surface area contributed by atoms with E-state index in [2.05, 4.69) is 15.2 Å². The Balaban J connectivity index is 1.67. The molecule has 0 unspecified atom stereocenters. The Morgan fingerprint density at radius 3 is 3.16 bits per heavy atom. The minimum Gasteiger partial charge on any atom is -0.376 e. The monoisotopic (exact) mass is 279 g/mol. The zero-order valence-electron chi connectivity index (χ0n) is 11.3. The van der Waals surface area contributed by atoms with Gasteiger partial charge in [0.25, 0.3) is 0 Å². The van der Waals surface area contributed by atoms with Gasteiger partial charge in [0.1, 0.15) is 0 Å². The van der Waals surface area contributed by atoms with Crippen LogP contribution in [0.15, 0.2) is 24.4 Å². The lowest BCUT2D eigenvalue weighted by Crippen LogP contribution is -2.41. The van der Waals surface area contributed by atoms with Crippen LogP contribution in [0.2, 0.25) is 0 Å². The molecule has 2 rings (SSSR count). The molecule has 1 aromatic heterocycles. The number of aromatic nitrogens is 1. The second-order valence-electron chi connectivity index (χ2n) is 4.81. The van der Waals surface area contributed by atoms with Gasteiger partial charge in [0.2, 0.25) is 0 Å². The molecule has 0 bridgehead atoms. The van der Waals surface area contributed by atoms with Crippen molar-refractivity contribution in [3.8, 4) is 0 Å². The zero-order valence-corrected chi connectivity index (χ0v) is 12.2. The van der Waals surface area contributed by atoms with Crippen molar-refractivity contribution in [3.05, 3.63) is 30.1 Å². The fraction of sp³-hybridized carbons (Fsp3) is 0.571. The molecule has 1 fully saturated rings. The number of likely N-dealkylation sites (N-methyl/N-ethyl adjacent to an activating group) is 1. The third-order valence-corrected chi connectivity index (χ3v) is 3.74. The van der Waals surface area contributed by atoms with Gasteiger partial charge >= 0.3 is 0 Å². The van der Waals surface area contributed by atoms with Crippen LogP contribution in [0.5, 0.6) is 0 Å². The molecular weight excluding hydrogens is 258 g/mol. The molecular formula is C14H21N3OS. The summed E-state index contributed by atoms with van der Waals surface area (Å²) in [5.74, 6) is 0. The van der Waals surface area contributed by atoms with Crippen molar-refractivity contribution in [1.29, 1.82) is 0 Å². The quantitative estimate of drug-likeness (QED) is 0.829. The number of rotatable bonds is 5.